The quantitative estimate of drug-likeness (QED) is 0.456. The van der Waals surface area contributed by atoms with Crippen LogP contribution in [0.25, 0.3) is 0 Å². The molecule has 2 heterocycles. The maximum Gasteiger partial charge on any atom is 0.255 e. The Balaban J connectivity index is 2.52. The number of nitrogens with two attached hydrogens (primary N) is 1. The molecule has 3 atom stereocenters. The van der Waals surface area contributed by atoms with Crippen molar-refractivity contribution in [3.05, 3.63) is 22.8 Å². The van der Waals surface area contributed by atoms with Crippen molar-refractivity contribution in [3.8, 4) is 0 Å². The number of aliphatic hydroxyl groups excluding tert-OH is 1. The van der Waals surface area contributed by atoms with Crippen LogP contribution < -0.4 is 11.1 Å². The highest BCUT2D eigenvalue weighted by molar-refractivity contribution is 9.10. The third kappa shape index (κ3) is 3.00. The number of likely N-dealkylation sites (tertiary alicyclic amines) is 1. The Labute approximate surface area is 151 Å². The van der Waals surface area contributed by atoms with Gasteiger partial charge in [0.1, 0.15) is 16.0 Å². The van der Waals surface area contributed by atoms with E-state index in [1.807, 2.05) is 0 Å². The fraction of sp³-hybridized carbons (Fsp3) is 0.500. The molecular weight excluding hydrogens is 394 g/mol. The number of hydrogen-bond acceptors (Lipinski definition) is 5. The molecule has 1 fully saturated rings. The zero-order valence-electron chi connectivity index (χ0n) is 13.4. The van der Waals surface area contributed by atoms with Gasteiger partial charge in [0.2, 0.25) is 5.91 Å². The van der Waals surface area contributed by atoms with Gasteiger partial charge in [-0.15, -0.1) is 0 Å². The molecule has 2 amide bonds. The van der Waals surface area contributed by atoms with Gasteiger partial charge >= 0.3 is 0 Å². The van der Waals surface area contributed by atoms with Gasteiger partial charge in [-0.1, -0.05) is 6.58 Å². The Hall–Kier alpha value is -1.65. The zero-order chi connectivity index (χ0) is 18.2. The first-order valence-corrected chi connectivity index (χ1v) is 8.58. The second-order valence-electron chi connectivity index (χ2n) is 5.75. The van der Waals surface area contributed by atoms with Gasteiger partial charge in [-0.2, -0.15) is 5.10 Å². The van der Waals surface area contributed by atoms with Crippen LogP contribution in [-0.2, 0) is 9.96 Å². The minimum atomic E-state index is -0.811. The largest absolute Gasteiger partial charge is 0.391 e. The maximum absolute atomic E-state index is 12.1. The van der Waals surface area contributed by atoms with Crippen LogP contribution >= 0.6 is 15.9 Å². The molecule has 0 spiro atoms. The fourth-order valence-corrected chi connectivity index (χ4v) is 4.10. The van der Waals surface area contributed by atoms with Crippen LogP contribution in [0.5, 0.6) is 0 Å². The molecule has 10 heteroatoms. The van der Waals surface area contributed by atoms with Crippen LogP contribution in [-0.4, -0.2) is 67.6 Å². The average Bonchev–Trinajstić information content (AvgIpc) is 3.05. The molecule has 0 aliphatic carbocycles. The molecule has 129 valence electrons. The third-order valence-corrected chi connectivity index (χ3v) is 5.25. The molecule has 1 aliphatic rings. The molecule has 2 rings (SSSR count). The van der Waals surface area contributed by atoms with Gasteiger partial charge in [-0.25, -0.2) is 4.68 Å². The monoisotopic (exact) mass is 412 g/mol. The summed E-state index contributed by atoms with van der Waals surface area (Å²) in [6.07, 6.45) is 0.863. The Bertz CT molecular complexity index is 692. The molecule has 0 bridgehead atoms. The van der Waals surface area contributed by atoms with E-state index in [4.69, 9.17) is 5.73 Å². The lowest BCUT2D eigenvalue weighted by Crippen LogP contribution is -2.42. The number of nitrogens with one attached hydrogen (secondary N) is 1. The highest BCUT2D eigenvalue weighted by Gasteiger charge is 2.47. The lowest BCUT2D eigenvalue weighted by molar-refractivity contribution is -0.128. The Morgan fingerprint density at radius 1 is 1.67 bits per heavy atom. The molecule has 1 aliphatic heterocycles. The predicted molar refractivity (Wildman–Crippen MR) is 93.7 cm³/mol. The van der Waals surface area contributed by atoms with Crippen LogP contribution in [0.1, 0.15) is 23.7 Å². The van der Waals surface area contributed by atoms with Crippen LogP contribution in [0.15, 0.2) is 17.3 Å². The number of primary amides is 1. The normalized spacial score (nSPS) is 24.7. The Morgan fingerprint density at radius 2 is 2.29 bits per heavy atom. The maximum atomic E-state index is 12.1. The van der Waals surface area contributed by atoms with Gasteiger partial charge < -0.3 is 21.1 Å². The van der Waals surface area contributed by atoms with Crippen molar-refractivity contribution in [1.29, 1.82) is 0 Å². The third-order valence-electron chi connectivity index (χ3n) is 4.12. The van der Waals surface area contributed by atoms with E-state index in [2.05, 4.69) is 43.2 Å². The first-order valence-electron chi connectivity index (χ1n) is 7.29. The van der Waals surface area contributed by atoms with Gasteiger partial charge in [0, 0.05) is 13.6 Å². The molecule has 8 nitrogen and oxygen atoms in total. The highest BCUT2D eigenvalue weighted by Crippen LogP contribution is 2.37. The Morgan fingerprint density at radius 3 is 2.75 bits per heavy atom. The number of rotatable bonds is 5. The standard InChI is InChI=1S/C14H19BrN5O3Si/c1-4-9(22)19-6-14(24,5-8(19)7(2)21)20-13(17-3)10(12(16)23)11(15)18-20/h4,7-8,17,21H,1,5-6H2,2-3H3,(H2,16,23)/t7?,8-,14-/m1/s1. The van der Waals surface area contributed by atoms with Crippen molar-refractivity contribution in [3.63, 3.8) is 0 Å². The van der Waals surface area contributed by atoms with Crippen LogP contribution in [0, 0.1) is 0 Å². The molecule has 24 heavy (non-hydrogen) atoms. The van der Waals surface area contributed by atoms with Crippen molar-refractivity contribution in [2.45, 2.75) is 30.7 Å². The van der Waals surface area contributed by atoms with Crippen molar-refractivity contribution in [2.24, 2.45) is 5.73 Å². The number of nitrogens with zero attached hydrogens (tertiary/aromatic N) is 3. The van der Waals surface area contributed by atoms with E-state index in [1.165, 1.54) is 11.0 Å². The number of amides is 2. The van der Waals surface area contributed by atoms with Gasteiger partial charge in [0.25, 0.3) is 5.91 Å². The molecular formula is C14H19BrN5O3Si. The van der Waals surface area contributed by atoms with Crippen molar-refractivity contribution in [2.75, 3.05) is 18.9 Å². The minimum absolute atomic E-state index is 0.220. The summed E-state index contributed by atoms with van der Waals surface area (Å²) >= 11 is 3.24. The first-order chi connectivity index (χ1) is 11.2. The van der Waals surface area contributed by atoms with E-state index in [0.717, 1.165) is 0 Å². The van der Waals surface area contributed by atoms with Crippen LogP contribution in [0.4, 0.5) is 5.82 Å². The number of anilines is 1. The van der Waals surface area contributed by atoms with E-state index in [1.54, 1.807) is 18.7 Å². The molecule has 0 saturated carbocycles. The van der Waals surface area contributed by atoms with Crippen LogP contribution in [0.3, 0.4) is 0 Å². The molecule has 1 unspecified atom stereocenters. The topological polar surface area (TPSA) is 113 Å². The van der Waals surface area contributed by atoms with Crippen molar-refractivity contribution >= 4 is 43.8 Å². The highest BCUT2D eigenvalue weighted by atomic mass is 79.9. The summed E-state index contributed by atoms with van der Waals surface area (Å²) in [7, 11) is 5.35. The van der Waals surface area contributed by atoms with Gasteiger partial charge in [0.05, 0.1) is 27.6 Å². The summed E-state index contributed by atoms with van der Waals surface area (Å²) in [5, 5.41) is 16.5. The summed E-state index contributed by atoms with van der Waals surface area (Å²) in [5.41, 5.74) is 5.64. The second kappa shape index (κ2) is 6.69. The van der Waals surface area contributed by atoms with E-state index in [0.29, 0.717) is 16.8 Å². The minimum Gasteiger partial charge on any atom is -0.391 e. The molecule has 1 aromatic heterocycles. The SMILES string of the molecule is C=CC(=O)N1C[C@@]([Si])(n2nc(Br)c(C(N)=O)c2NC)C[C@@H]1C(C)O. The lowest BCUT2D eigenvalue weighted by Gasteiger charge is -2.27. The summed E-state index contributed by atoms with van der Waals surface area (Å²) in [6, 6.07) is -0.419. The zero-order valence-corrected chi connectivity index (χ0v) is 16.0. The lowest BCUT2D eigenvalue weighted by atomic mass is 10.1. The predicted octanol–water partition coefficient (Wildman–Crippen LogP) is -0.225. The summed E-state index contributed by atoms with van der Waals surface area (Å²) in [6.45, 7) is 5.37. The fourth-order valence-electron chi connectivity index (χ4n) is 3.01. The number of aromatic nitrogens is 2. The van der Waals surface area contributed by atoms with Crippen molar-refractivity contribution < 1.29 is 14.7 Å². The van der Waals surface area contributed by atoms with Gasteiger partial charge in [0.15, 0.2) is 0 Å². The molecule has 4 N–H and O–H groups in total. The van der Waals surface area contributed by atoms with E-state index in [9.17, 15) is 14.7 Å². The summed E-state index contributed by atoms with van der Waals surface area (Å²) < 4.78 is 1.87. The number of aliphatic hydroxyl groups is 1. The molecule has 1 aromatic rings. The van der Waals surface area contributed by atoms with E-state index >= 15 is 0 Å². The smallest absolute Gasteiger partial charge is 0.255 e. The summed E-state index contributed by atoms with van der Waals surface area (Å²) in [4.78, 5) is 25.4. The van der Waals surface area contributed by atoms with Gasteiger partial charge in [-0.3, -0.25) is 9.59 Å². The number of carbonyl (C=O) groups is 2. The Kier molecular flexibility index (Phi) is 5.21. The van der Waals surface area contributed by atoms with E-state index < -0.39 is 23.2 Å². The number of hydrogen-bond donors (Lipinski definition) is 3. The van der Waals surface area contributed by atoms with Crippen LogP contribution in [0.2, 0.25) is 0 Å². The number of carbonyl (C=O) groups excluding carboxylic acids is 2. The molecule has 1 saturated heterocycles. The average molecular weight is 413 g/mol. The summed E-state index contributed by atoms with van der Waals surface area (Å²) in [5.74, 6) is -0.494. The number of halogens is 1. The molecule has 0 aromatic carbocycles. The molecule has 3 radical (unpaired) electrons. The second-order valence-corrected chi connectivity index (χ2v) is 7.44. The van der Waals surface area contributed by atoms with Crippen molar-refractivity contribution in [1.82, 2.24) is 14.7 Å². The van der Waals surface area contributed by atoms with Gasteiger partial charge in [-0.05, 0) is 35.4 Å². The first kappa shape index (κ1) is 18.7. The van der Waals surface area contributed by atoms with E-state index in [-0.39, 0.29) is 18.0 Å².